The Morgan fingerprint density at radius 1 is 0.140 bits per heavy atom. The van der Waals surface area contributed by atoms with Crippen LogP contribution in [0.2, 0.25) is 0 Å². The molecule has 22 aliphatic heterocycles. The van der Waals surface area contributed by atoms with Gasteiger partial charge < -0.3 is 144 Å². The van der Waals surface area contributed by atoms with Gasteiger partial charge in [0.15, 0.2) is 37.7 Å². The second kappa shape index (κ2) is 55.3. The molecule has 12 aromatic rings. The molecule has 22 saturated heterocycles. The fraction of sp³-hybridized carbons (Fsp3) is 0.400. The zero-order valence-corrected chi connectivity index (χ0v) is 83.2. The SMILES string of the molecule is O[C@@H]1[C@@H](OCc2ccccc2)[C@H]2O[C@H]3[C@H](O)[C@@H](OCc4ccccc4)[C@@H](O[C@H]4[C@H](O)[C@@H](OCc5ccccc5)[C@@H](O[C@H]5[C@H](O)[C@@H](OCc6ccccc6)[C@@H](O[C@H]6[C@H](O)[C@@H](OCc7ccccc7)[C@@H](O[C@H]7[C@H](O)[C@@H](OCc8ccccc8)[C@@H](O[C@@H]1[C@@H](COCc1ccccc1)O2)O[C@@H]7COCc1ccccc1)O[C@@H]6COCc1ccccc1)O[C@@H]5COCc1ccccc1)O[C@@H]4COCc1ccccc1)O[C@@H]3COCc1ccccc1. The van der Waals surface area contributed by atoms with Crippen LogP contribution in [0.3, 0.4) is 0 Å². The Bertz CT molecular complexity index is 4880. The van der Waals surface area contributed by atoms with Crippen molar-refractivity contribution in [2.24, 2.45) is 0 Å². The molecule has 22 heterocycles. The van der Waals surface area contributed by atoms with E-state index >= 15 is 0 Å². The van der Waals surface area contributed by atoms with Gasteiger partial charge in [-0.2, -0.15) is 0 Å². The molecule has 0 radical (unpaired) electrons. The lowest BCUT2D eigenvalue weighted by Crippen LogP contribution is -2.69. The monoisotopic (exact) mass is 2050 g/mol. The molecule has 792 valence electrons. The summed E-state index contributed by atoms with van der Waals surface area (Å²) in [5, 5.41) is 84.8. The smallest absolute Gasteiger partial charge is 0.187 e. The third-order valence-corrected chi connectivity index (χ3v) is 27.5. The van der Waals surface area contributed by atoms with Gasteiger partial charge in [-0.3, -0.25) is 0 Å². The molecule has 0 unspecified atom stereocenters. The van der Waals surface area contributed by atoms with Crippen molar-refractivity contribution in [3.05, 3.63) is 431 Å². The quantitative estimate of drug-likeness (QED) is 0.0207. The zero-order chi connectivity index (χ0) is 102. The van der Waals surface area contributed by atoms with Crippen LogP contribution in [0, 0.1) is 0 Å². The normalized spacial score (nSPS) is 30.7. The summed E-state index contributed by atoms with van der Waals surface area (Å²) < 4.78 is 172. The predicted molar refractivity (Wildman–Crippen MR) is 544 cm³/mol. The minimum atomic E-state index is -1.82. The number of rotatable bonds is 42. The Morgan fingerprint density at radius 2 is 0.247 bits per heavy atom. The van der Waals surface area contributed by atoms with E-state index < -0.39 is 184 Å². The van der Waals surface area contributed by atoms with Gasteiger partial charge in [0.05, 0.1) is 119 Å². The molecule has 12 bridgehead atoms. The van der Waals surface area contributed by atoms with Crippen molar-refractivity contribution >= 4 is 0 Å². The van der Waals surface area contributed by atoms with Crippen molar-refractivity contribution in [2.75, 3.05) is 39.6 Å². The fourth-order valence-electron chi connectivity index (χ4n) is 19.6. The topological polar surface area (TPSA) is 343 Å². The van der Waals surface area contributed by atoms with Gasteiger partial charge in [-0.05, 0) is 66.8 Å². The summed E-state index contributed by atoms with van der Waals surface area (Å²) in [7, 11) is 0. The number of aliphatic hydroxyl groups excluding tert-OH is 6. The van der Waals surface area contributed by atoms with E-state index in [1.54, 1.807) is 0 Å². The van der Waals surface area contributed by atoms with Gasteiger partial charge in [-0.1, -0.05) is 364 Å². The lowest BCUT2D eigenvalue weighted by Gasteiger charge is -2.52. The maximum Gasteiger partial charge on any atom is 0.187 e. The first-order valence-electron chi connectivity index (χ1n) is 51.4. The summed E-state index contributed by atoms with van der Waals surface area (Å²) in [6.45, 7) is -2.73. The second-order valence-electron chi connectivity index (χ2n) is 38.4. The Hall–Kier alpha value is -10.6. The second-order valence-corrected chi connectivity index (χ2v) is 38.4. The Labute approximate surface area is 873 Å². The van der Waals surface area contributed by atoms with Crippen LogP contribution in [0.15, 0.2) is 364 Å². The van der Waals surface area contributed by atoms with Crippen molar-refractivity contribution in [3.63, 3.8) is 0 Å². The van der Waals surface area contributed by atoms with E-state index in [0.717, 1.165) is 33.4 Å². The van der Waals surface area contributed by atoms with Gasteiger partial charge in [0.2, 0.25) is 0 Å². The molecule has 12 aromatic carbocycles. The molecular formula is C120H132O30. The molecule has 30 nitrogen and oxygen atoms in total. The van der Waals surface area contributed by atoms with Crippen LogP contribution in [0.1, 0.15) is 66.8 Å². The molecule has 30 heteroatoms. The molecule has 0 saturated carbocycles. The van der Waals surface area contributed by atoms with Crippen LogP contribution in [0.4, 0.5) is 0 Å². The van der Waals surface area contributed by atoms with Gasteiger partial charge >= 0.3 is 0 Å². The largest absolute Gasteiger partial charge is 0.387 e. The van der Waals surface area contributed by atoms with E-state index in [-0.39, 0.29) is 119 Å². The predicted octanol–water partition coefficient (Wildman–Crippen LogP) is 13.6. The summed E-state index contributed by atoms with van der Waals surface area (Å²) in [5.41, 5.74) is 8.84. The van der Waals surface area contributed by atoms with Gasteiger partial charge in [0.25, 0.3) is 0 Å². The number of ether oxygens (including phenoxy) is 24. The van der Waals surface area contributed by atoms with Crippen molar-refractivity contribution in [2.45, 2.75) is 264 Å². The summed E-state index contributed by atoms with van der Waals surface area (Å²) >= 11 is 0. The van der Waals surface area contributed by atoms with Crippen molar-refractivity contribution in [1.29, 1.82) is 0 Å². The molecule has 0 amide bonds. The van der Waals surface area contributed by atoms with E-state index in [1.165, 1.54) is 0 Å². The number of hydrogen-bond donors (Lipinski definition) is 6. The summed E-state index contributed by atoms with van der Waals surface area (Å²) in [6.07, 6.45) is -48.5. The third kappa shape index (κ3) is 29.3. The Morgan fingerprint density at radius 3 is 0.360 bits per heavy atom. The maximum atomic E-state index is 14.1. The molecule has 0 aromatic heterocycles. The van der Waals surface area contributed by atoms with E-state index in [0.29, 0.717) is 33.4 Å². The van der Waals surface area contributed by atoms with Crippen molar-refractivity contribution < 1.29 is 144 Å². The minimum Gasteiger partial charge on any atom is -0.387 e. The van der Waals surface area contributed by atoms with Crippen LogP contribution in [-0.4, -0.2) is 255 Å². The van der Waals surface area contributed by atoms with E-state index in [9.17, 15) is 30.6 Å². The summed E-state index contributed by atoms with van der Waals surface area (Å²) in [5.74, 6) is 0. The maximum absolute atomic E-state index is 14.1. The van der Waals surface area contributed by atoms with Gasteiger partial charge in [-0.15, -0.1) is 0 Å². The van der Waals surface area contributed by atoms with Gasteiger partial charge in [0.1, 0.15) is 146 Å². The first-order valence-corrected chi connectivity index (χ1v) is 51.4. The number of hydrogen-bond acceptors (Lipinski definition) is 30. The fourth-order valence-corrected chi connectivity index (χ4v) is 19.6. The molecule has 22 aliphatic rings. The Balaban J connectivity index is 0.779. The average molecular weight is 2050 g/mol. The summed E-state index contributed by atoms with van der Waals surface area (Å²) in [6, 6.07) is 113. The third-order valence-electron chi connectivity index (χ3n) is 27.5. The van der Waals surface area contributed by atoms with Crippen LogP contribution in [-0.2, 0) is 193 Å². The molecule has 0 aliphatic carbocycles. The molecule has 34 rings (SSSR count). The van der Waals surface area contributed by atoms with Crippen LogP contribution >= 0.6 is 0 Å². The average Bonchev–Trinajstić information content (AvgIpc) is 0.754. The highest BCUT2D eigenvalue weighted by Gasteiger charge is 2.61. The molecule has 22 fully saturated rings. The molecule has 150 heavy (non-hydrogen) atoms. The van der Waals surface area contributed by atoms with Crippen LogP contribution in [0.5, 0.6) is 0 Å². The summed E-state index contributed by atoms with van der Waals surface area (Å²) in [4.78, 5) is 0. The van der Waals surface area contributed by atoms with E-state index in [4.69, 9.17) is 114 Å². The minimum absolute atomic E-state index is 0.0322. The molecule has 0 spiro atoms. The highest BCUT2D eigenvalue weighted by Crippen LogP contribution is 2.43. The van der Waals surface area contributed by atoms with Gasteiger partial charge in [-0.25, -0.2) is 0 Å². The molecular weight excluding hydrogens is 1920 g/mol. The standard InChI is InChI=1S/C120H132O30/c121-97-103-91(73-127-61-79-37-13-1-14-38-79)139-115(109(97)133-67-85-49-25-7-26-50-85)146-104-92(74-128-62-80-39-15-2-16-40-80)141-117(111(98(104)122)135-69-87-53-29-9-30-54-87)148-106-94(76-130-64-82-43-19-4-20-44-82)143-119(113(100(106)124)137-71-89-57-33-11-34-58-89)150-108-96(78-132-66-84-47-23-6-24-48-84)144-120(114(102(108)126)138-72-90-59-35-12-36-60-90)149-107-95(77-131-65-83-45-21-5-22-46-83)142-118(112(101(107)125)136-70-88-55-31-10-32-56-88)147-105-93(75-129-63-81-41-17-3-18-42-81)140-116(145-103)110(99(105)123)134-68-86-51-27-8-28-52-86/h1-60,91-126H,61-78H2/t91-,92-,93-,94-,95-,96-,97+,98+,99+,100+,101+,102+,103-,104-,105-,106-,107-,108-,109-,110-,111-,112-,113-,114-,115-,116-,117-,118-,119-,120-/m1/s1. The zero-order valence-electron chi connectivity index (χ0n) is 83.2. The Kier molecular flexibility index (Phi) is 39.8. The van der Waals surface area contributed by atoms with Crippen molar-refractivity contribution in [3.8, 4) is 0 Å². The van der Waals surface area contributed by atoms with Crippen LogP contribution in [0.25, 0.3) is 0 Å². The highest BCUT2D eigenvalue weighted by molar-refractivity contribution is 5.24. The van der Waals surface area contributed by atoms with E-state index in [1.807, 2.05) is 364 Å². The first-order chi connectivity index (χ1) is 73.9. The van der Waals surface area contributed by atoms with Crippen molar-refractivity contribution in [1.82, 2.24) is 0 Å². The molecule has 6 N–H and O–H groups in total. The highest BCUT2D eigenvalue weighted by atomic mass is 16.8. The number of benzene rings is 12. The van der Waals surface area contributed by atoms with Crippen LogP contribution < -0.4 is 0 Å². The van der Waals surface area contributed by atoms with Gasteiger partial charge in [0, 0.05) is 0 Å². The lowest BCUT2D eigenvalue weighted by molar-refractivity contribution is -0.412. The number of aliphatic hydroxyl groups is 6. The van der Waals surface area contributed by atoms with E-state index in [2.05, 4.69) is 0 Å². The first kappa shape index (κ1) is 108. The molecule has 30 atom stereocenters. The lowest BCUT2D eigenvalue weighted by atomic mass is 9.94.